The summed E-state index contributed by atoms with van der Waals surface area (Å²) < 4.78 is 0. The Bertz CT molecular complexity index is 603. The van der Waals surface area contributed by atoms with Crippen molar-refractivity contribution in [2.45, 2.75) is 76.5 Å². The van der Waals surface area contributed by atoms with Crippen LogP contribution in [-0.2, 0) is 19.2 Å². The van der Waals surface area contributed by atoms with Gasteiger partial charge in [0.15, 0.2) is 0 Å². The highest BCUT2D eigenvalue weighted by molar-refractivity contribution is 5.94. The molecule has 0 aromatic carbocycles. The molecule has 0 aliphatic rings. The minimum absolute atomic E-state index is 0.135. The first-order valence-corrected chi connectivity index (χ1v) is 11.0. The number of carboxylic acid groups (broad SMARTS) is 1. The van der Waals surface area contributed by atoms with Crippen LogP contribution in [0.25, 0.3) is 0 Å². The number of aliphatic carboxylic acids is 1. The molecule has 0 rings (SSSR count). The lowest BCUT2D eigenvalue weighted by molar-refractivity contribution is -0.143. The van der Waals surface area contributed by atoms with Gasteiger partial charge in [0.05, 0.1) is 12.6 Å². The summed E-state index contributed by atoms with van der Waals surface area (Å²) in [6.07, 6.45) is 2.83. The summed E-state index contributed by atoms with van der Waals surface area (Å²) >= 11 is 0. The number of nitrogens with one attached hydrogen (secondary N) is 3. The van der Waals surface area contributed by atoms with Crippen molar-refractivity contribution in [3.63, 3.8) is 0 Å². The maximum Gasteiger partial charge on any atom is 0.328 e. The van der Waals surface area contributed by atoms with Crippen LogP contribution < -0.4 is 33.2 Å². The van der Waals surface area contributed by atoms with Crippen LogP contribution in [0.5, 0.6) is 0 Å². The standard InChI is InChI=1S/C20H40N6O6/c1-12(2)16(23)19(30)25-14(8-4-6-10-22)17(28)24-13(7-3-5-9-21)18(29)26-15(11-27)20(31)32/h12-16,27H,3-11,21-23H2,1-2H3,(H,24,28)(H,25,30)(H,26,29)(H,31,32). The third-order valence-electron chi connectivity index (χ3n) is 4.98. The summed E-state index contributed by atoms with van der Waals surface area (Å²) in [6.45, 7) is 3.59. The summed E-state index contributed by atoms with van der Waals surface area (Å²) in [6, 6.07) is -4.29. The fourth-order valence-electron chi connectivity index (χ4n) is 2.82. The van der Waals surface area contributed by atoms with Gasteiger partial charge in [-0.05, 0) is 57.5 Å². The minimum Gasteiger partial charge on any atom is -0.480 e. The SMILES string of the molecule is CC(C)C(N)C(=O)NC(CCCCN)C(=O)NC(CCCCN)C(=O)NC(CO)C(=O)O. The molecule has 0 saturated heterocycles. The van der Waals surface area contributed by atoms with E-state index >= 15 is 0 Å². The maximum atomic E-state index is 12.9. The topological polar surface area (TPSA) is 223 Å². The zero-order chi connectivity index (χ0) is 24.7. The van der Waals surface area contributed by atoms with Crippen LogP contribution >= 0.6 is 0 Å². The van der Waals surface area contributed by atoms with Gasteiger partial charge in [-0.25, -0.2) is 4.79 Å². The number of unbranched alkanes of at least 4 members (excludes halogenated alkanes) is 2. The van der Waals surface area contributed by atoms with Crippen LogP contribution in [0.15, 0.2) is 0 Å². The highest BCUT2D eigenvalue weighted by atomic mass is 16.4. The molecule has 4 atom stereocenters. The molecule has 0 spiro atoms. The quantitative estimate of drug-likeness (QED) is 0.110. The molecule has 186 valence electrons. The second-order valence-electron chi connectivity index (χ2n) is 8.04. The van der Waals surface area contributed by atoms with Crippen molar-refractivity contribution in [3.8, 4) is 0 Å². The largest absolute Gasteiger partial charge is 0.480 e. The van der Waals surface area contributed by atoms with E-state index < -0.39 is 54.5 Å². The van der Waals surface area contributed by atoms with E-state index in [0.29, 0.717) is 45.2 Å². The second-order valence-corrected chi connectivity index (χ2v) is 8.04. The first-order valence-electron chi connectivity index (χ1n) is 11.0. The van der Waals surface area contributed by atoms with Crippen molar-refractivity contribution >= 4 is 23.7 Å². The van der Waals surface area contributed by atoms with Gasteiger partial charge in [-0.15, -0.1) is 0 Å². The second kappa shape index (κ2) is 16.4. The third-order valence-corrected chi connectivity index (χ3v) is 4.98. The van der Waals surface area contributed by atoms with Gasteiger partial charge in [0.1, 0.15) is 18.1 Å². The fourth-order valence-corrected chi connectivity index (χ4v) is 2.82. The van der Waals surface area contributed by atoms with Crippen LogP contribution in [0.3, 0.4) is 0 Å². The lowest BCUT2D eigenvalue weighted by Gasteiger charge is -2.25. The van der Waals surface area contributed by atoms with E-state index in [4.69, 9.17) is 27.4 Å². The predicted octanol–water partition coefficient (Wildman–Crippen LogP) is -2.24. The van der Waals surface area contributed by atoms with Crippen LogP contribution in [0.4, 0.5) is 0 Å². The Kier molecular flexibility index (Phi) is 15.2. The summed E-state index contributed by atoms with van der Waals surface area (Å²) in [5.74, 6) is -3.35. The minimum atomic E-state index is -1.50. The molecule has 4 unspecified atom stereocenters. The van der Waals surface area contributed by atoms with Crippen molar-refractivity contribution in [2.75, 3.05) is 19.7 Å². The molecule has 11 N–H and O–H groups in total. The van der Waals surface area contributed by atoms with E-state index in [-0.39, 0.29) is 12.3 Å². The molecule has 0 radical (unpaired) electrons. The Hall–Kier alpha value is -2.28. The zero-order valence-corrected chi connectivity index (χ0v) is 19.0. The Balaban J connectivity index is 5.41. The van der Waals surface area contributed by atoms with Crippen LogP contribution in [0, 0.1) is 5.92 Å². The Labute approximate surface area is 189 Å². The number of hydrogen-bond donors (Lipinski definition) is 8. The van der Waals surface area contributed by atoms with Crippen molar-refractivity contribution in [3.05, 3.63) is 0 Å². The number of carboxylic acids is 1. The molecule has 0 bridgehead atoms. The molecular weight excluding hydrogens is 420 g/mol. The van der Waals surface area contributed by atoms with Gasteiger partial charge < -0.3 is 43.4 Å². The number of hydrogen-bond acceptors (Lipinski definition) is 8. The van der Waals surface area contributed by atoms with E-state index in [9.17, 15) is 19.2 Å². The van der Waals surface area contributed by atoms with Gasteiger partial charge in [0.2, 0.25) is 17.7 Å². The van der Waals surface area contributed by atoms with Crippen molar-refractivity contribution < 1.29 is 29.4 Å². The number of amides is 3. The normalized spacial score (nSPS) is 14.8. The molecule has 0 aliphatic carbocycles. The van der Waals surface area contributed by atoms with Gasteiger partial charge in [0, 0.05) is 0 Å². The number of aliphatic hydroxyl groups is 1. The Morgan fingerprint density at radius 2 is 1.16 bits per heavy atom. The lowest BCUT2D eigenvalue weighted by atomic mass is 10.0. The molecule has 12 heteroatoms. The van der Waals surface area contributed by atoms with E-state index in [1.807, 2.05) is 0 Å². The van der Waals surface area contributed by atoms with Gasteiger partial charge >= 0.3 is 5.97 Å². The molecule has 0 aromatic rings. The van der Waals surface area contributed by atoms with E-state index in [1.54, 1.807) is 13.8 Å². The Morgan fingerprint density at radius 3 is 1.50 bits per heavy atom. The zero-order valence-electron chi connectivity index (χ0n) is 19.0. The third kappa shape index (κ3) is 11.4. The summed E-state index contributed by atoms with van der Waals surface area (Å²) in [5.41, 5.74) is 16.9. The van der Waals surface area contributed by atoms with E-state index in [0.717, 1.165) is 0 Å². The molecule has 0 aromatic heterocycles. The lowest BCUT2D eigenvalue weighted by Crippen LogP contribution is -2.57. The molecule has 12 nitrogen and oxygen atoms in total. The van der Waals surface area contributed by atoms with Gasteiger partial charge in [-0.2, -0.15) is 0 Å². The highest BCUT2D eigenvalue weighted by Crippen LogP contribution is 2.07. The van der Waals surface area contributed by atoms with E-state index in [1.165, 1.54) is 0 Å². The maximum absolute atomic E-state index is 12.9. The fraction of sp³-hybridized carbons (Fsp3) is 0.800. The molecule has 3 amide bonds. The number of carbonyl (C=O) groups excluding carboxylic acids is 3. The van der Waals surface area contributed by atoms with E-state index in [2.05, 4.69) is 16.0 Å². The first kappa shape index (κ1) is 29.7. The number of aliphatic hydroxyl groups excluding tert-OH is 1. The average molecular weight is 461 g/mol. The number of rotatable bonds is 17. The summed E-state index contributed by atoms with van der Waals surface area (Å²) in [4.78, 5) is 49.0. The number of carbonyl (C=O) groups is 4. The molecular formula is C20H40N6O6. The van der Waals surface area contributed by atoms with Crippen molar-refractivity contribution in [2.24, 2.45) is 23.1 Å². The molecule has 0 heterocycles. The van der Waals surface area contributed by atoms with Gasteiger partial charge in [0.25, 0.3) is 0 Å². The average Bonchev–Trinajstić information content (AvgIpc) is 2.74. The Morgan fingerprint density at radius 1 is 0.750 bits per heavy atom. The molecule has 0 fully saturated rings. The van der Waals surface area contributed by atoms with Crippen LogP contribution in [-0.4, -0.2) is 77.8 Å². The van der Waals surface area contributed by atoms with Crippen LogP contribution in [0.1, 0.15) is 52.4 Å². The van der Waals surface area contributed by atoms with Crippen molar-refractivity contribution in [1.29, 1.82) is 0 Å². The van der Waals surface area contributed by atoms with Gasteiger partial charge in [-0.1, -0.05) is 13.8 Å². The van der Waals surface area contributed by atoms with Crippen LogP contribution in [0.2, 0.25) is 0 Å². The first-order chi connectivity index (χ1) is 15.1. The predicted molar refractivity (Wildman–Crippen MR) is 119 cm³/mol. The summed E-state index contributed by atoms with van der Waals surface area (Å²) in [7, 11) is 0. The highest BCUT2D eigenvalue weighted by Gasteiger charge is 2.30. The molecule has 0 aliphatic heterocycles. The number of nitrogens with two attached hydrogens (primary N) is 3. The molecule has 32 heavy (non-hydrogen) atoms. The van der Waals surface area contributed by atoms with Gasteiger partial charge in [-0.3, -0.25) is 14.4 Å². The monoisotopic (exact) mass is 460 g/mol. The van der Waals surface area contributed by atoms with Crippen molar-refractivity contribution in [1.82, 2.24) is 16.0 Å². The smallest absolute Gasteiger partial charge is 0.328 e. The summed E-state index contributed by atoms with van der Waals surface area (Å²) in [5, 5.41) is 25.6. The molecule has 0 saturated carbocycles.